The summed E-state index contributed by atoms with van der Waals surface area (Å²) in [6.07, 6.45) is 0. The Balaban J connectivity index is 2.04. The molecule has 2 nitrogen and oxygen atoms in total. The van der Waals surface area contributed by atoms with E-state index in [4.69, 9.17) is 21.6 Å². The predicted octanol–water partition coefficient (Wildman–Crippen LogP) is 5.62. The van der Waals surface area contributed by atoms with Gasteiger partial charge in [-0.2, -0.15) is 0 Å². The van der Waals surface area contributed by atoms with E-state index in [1.807, 2.05) is 66.7 Å². The predicted molar refractivity (Wildman–Crippen MR) is 95.4 cm³/mol. The van der Waals surface area contributed by atoms with Crippen LogP contribution in [0, 0.1) is 0 Å². The smallest absolute Gasteiger partial charge is 0.161 e. The Morgan fingerprint density at radius 1 is 0.652 bits per heavy atom. The lowest BCUT2D eigenvalue weighted by atomic mass is 10.1. The highest BCUT2D eigenvalue weighted by Gasteiger charge is 2.12. The van der Waals surface area contributed by atoms with E-state index < -0.39 is 0 Å². The van der Waals surface area contributed by atoms with Crippen molar-refractivity contribution >= 4 is 22.5 Å². The van der Waals surface area contributed by atoms with Crippen LogP contribution in [0.2, 0.25) is 5.02 Å². The minimum atomic E-state index is 0.646. The van der Waals surface area contributed by atoms with Crippen molar-refractivity contribution in [2.75, 3.05) is 0 Å². The number of rotatable bonds is 2. The quantitative estimate of drug-likeness (QED) is 0.480. The third kappa shape index (κ3) is 2.58. The summed E-state index contributed by atoms with van der Waals surface area (Å²) in [5, 5.41) is 1.69. The van der Waals surface area contributed by atoms with Crippen molar-refractivity contribution in [2.45, 2.75) is 0 Å². The first-order valence-electron chi connectivity index (χ1n) is 7.40. The largest absolute Gasteiger partial charge is 0.228 e. The Labute approximate surface area is 139 Å². The number of nitrogens with zero attached hydrogens (tertiary/aromatic N) is 2. The number of aromatic nitrogens is 2. The maximum absolute atomic E-state index is 6.33. The standard InChI is InChI=1S/C20H13ClN2/c21-17-12-6-4-10-15(17)20-22-18-13-7-5-11-16(18)19(23-20)14-8-2-1-3-9-14/h1-13H. The van der Waals surface area contributed by atoms with Crippen LogP contribution in [0.15, 0.2) is 78.9 Å². The zero-order valence-corrected chi connectivity index (χ0v) is 13.0. The summed E-state index contributed by atoms with van der Waals surface area (Å²) in [7, 11) is 0. The summed E-state index contributed by atoms with van der Waals surface area (Å²) in [5.74, 6) is 0.646. The molecule has 0 aliphatic rings. The Kier molecular flexibility index (Phi) is 3.52. The SMILES string of the molecule is Clc1ccccc1-c1nc(-c2ccccc2)c2ccccc2n1. The number of hydrogen-bond donors (Lipinski definition) is 0. The third-order valence-corrected chi connectivity index (χ3v) is 4.09. The average molecular weight is 317 g/mol. The average Bonchev–Trinajstić information content (AvgIpc) is 2.62. The second-order valence-corrected chi connectivity index (χ2v) is 5.67. The normalized spacial score (nSPS) is 10.8. The zero-order valence-electron chi connectivity index (χ0n) is 12.3. The summed E-state index contributed by atoms with van der Waals surface area (Å²) < 4.78 is 0. The van der Waals surface area contributed by atoms with Crippen LogP contribution in [0.4, 0.5) is 0 Å². The molecule has 3 aromatic carbocycles. The number of fused-ring (bicyclic) bond motifs is 1. The van der Waals surface area contributed by atoms with Gasteiger partial charge in [-0.3, -0.25) is 0 Å². The van der Waals surface area contributed by atoms with E-state index in [1.54, 1.807) is 0 Å². The van der Waals surface area contributed by atoms with Crippen molar-refractivity contribution in [1.29, 1.82) is 0 Å². The monoisotopic (exact) mass is 316 g/mol. The number of para-hydroxylation sites is 1. The van der Waals surface area contributed by atoms with Gasteiger partial charge in [0.05, 0.1) is 16.2 Å². The highest BCUT2D eigenvalue weighted by molar-refractivity contribution is 6.33. The summed E-state index contributed by atoms with van der Waals surface area (Å²) >= 11 is 6.33. The van der Waals surface area contributed by atoms with Crippen molar-refractivity contribution in [3.63, 3.8) is 0 Å². The molecular formula is C20H13ClN2. The third-order valence-electron chi connectivity index (χ3n) is 3.77. The summed E-state index contributed by atoms with van der Waals surface area (Å²) in [5.41, 5.74) is 3.75. The molecule has 110 valence electrons. The van der Waals surface area contributed by atoms with Crippen LogP contribution in [-0.2, 0) is 0 Å². The second-order valence-electron chi connectivity index (χ2n) is 5.26. The molecule has 0 aliphatic heterocycles. The summed E-state index contributed by atoms with van der Waals surface area (Å²) in [6, 6.07) is 25.9. The van der Waals surface area contributed by atoms with Crippen LogP contribution in [0.1, 0.15) is 0 Å². The molecule has 0 N–H and O–H groups in total. The molecule has 0 radical (unpaired) electrons. The van der Waals surface area contributed by atoms with E-state index >= 15 is 0 Å². The fourth-order valence-corrected chi connectivity index (χ4v) is 2.88. The minimum absolute atomic E-state index is 0.646. The van der Waals surface area contributed by atoms with Gasteiger partial charge in [0, 0.05) is 16.5 Å². The highest BCUT2D eigenvalue weighted by atomic mass is 35.5. The molecule has 23 heavy (non-hydrogen) atoms. The summed E-state index contributed by atoms with van der Waals surface area (Å²) in [6.45, 7) is 0. The zero-order chi connectivity index (χ0) is 15.6. The van der Waals surface area contributed by atoms with Crippen LogP contribution in [0.25, 0.3) is 33.5 Å². The van der Waals surface area contributed by atoms with Crippen LogP contribution < -0.4 is 0 Å². The van der Waals surface area contributed by atoms with Crippen molar-refractivity contribution < 1.29 is 0 Å². The fraction of sp³-hybridized carbons (Fsp3) is 0. The Hall–Kier alpha value is -2.71. The van der Waals surface area contributed by atoms with Gasteiger partial charge in [-0.1, -0.05) is 72.3 Å². The second kappa shape index (κ2) is 5.82. The first-order valence-corrected chi connectivity index (χ1v) is 7.78. The van der Waals surface area contributed by atoms with Crippen LogP contribution in [0.3, 0.4) is 0 Å². The van der Waals surface area contributed by atoms with Crippen molar-refractivity contribution in [3.05, 3.63) is 83.9 Å². The van der Waals surface area contributed by atoms with Crippen LogP contribution >= 0.6 is 11.6 Å². The molecule has 1 heterocycles. The van der Waals surface area contributed by atoms with Crippen molar-refractivity contribution in [1.82, 2.24) is 9.97 Å². The number of halogens is 1. The van der Waals surface area contributed by atoms with Gasteiger partial charge in [0.15, 0.2) is 5.82 Å². The van der Waals surface area contributed by atoms with Crippen LogP contribution in [-0.4, -0.2) is 9.97 Å². The van der Waals surface area contributed by atoms with Gasteiger partial charge in [-0.25, -0.2) is 9.97 Å². The molecule has 0 saturated heterocycles. The minimum Gasteiger partial charge on any atom is -0.228 e. The Morgan fingerprint density at radius 3 is 2.17 bits per heavy atom. The highest BCUT2D eigenvalue weighted by Crippen LogP contribution is 2.31. The van der Waals surface area contributed by atoms with E-state index in [0.29, 0.717) is 10.8 Å². The molecular weight excluding hydrogens is 304 g/mol. The maximum atomic E-state index is 6.33. The molecule has 0 bridgehead atoms. The van der Waals surface area contributed by atoms with E-state index in [1.165, 1.54) is 0 Å². The van der Waals surface area contributed by atoms with Crippen LogP contribution in [0.5, 0.6) is 0 Å². The van der Waals surface area contributed by atoms with E-state index in [2.05, 4.69) is 12.1 Å². The lowest BCUT2D eigenvalue weighted by Gasteiger charge is -2.10. The number of hydrogen-bond acceptors (Lipinski definition) is 2. The van der Waals surface area contributed by atoms with E-state index in [-0.39, 0.29) is 0 Å². The van der Waals surface area contributed by atoms with Crippen molar-refractivity contribution in [2.24, 2.45) is 0 Å². The Morgan fingerprint density at radius 2 is 1.35 bits per heavy atom. The molecule has 0 amide bonds. The van der Waals surface area contributed by atoms with Gasteiger partial charge < -0.3 is 0 Å². The molecule has 0 atom stereocenters. The topological polar surface area (TPSA) is 25.8 Å². The molecule has 0 saturated carbocycles. The molecule has 0 unspecified atom stereocenters. The molecule has 1 aromatic heterocycles. The van der Waals surface area contributed by atoms with E-state index in [0.717, 1.165) is 27.7 Å². The maximum Gasteiger partial charge on any atom is 0.161 e. The lowest BCUT2D eigenvalue weighted by Crippen LogP contribution is -1.95. The molecule has 4 rings (SSSR count). The van der Waals surface area contributed by atoms with Gasteiger partial charge in [-0.05, 0) is 18.2 Å². The fourth-order valence-electron chi connectivity index (χ4n) is 2.66. The van der Waals surface area contributed by atoms with Gasteiger partial charge in [-0.15, -0.1) is 0 Å². The van der Waals surface area contributed by atoms with Crippen molar-refractivity contribution in [3.8, 4) is 22.6 Å². The molecule has 0 fully saturated rings. The van der Waals surface area contributed by atoms with Gasteiger partial charge >= 0.3 is 0 Å². The van der Waals surface area contributed by atoms with Gasteiger partial charge in [0.25, 0.3) is 0 Å². The van der Waals surface area contributed by atoms with E-state index in [9.17, 15) is 0 Å². The molecule has 4 aromatic rings. The first-order chi connectivity index (χ1) is 11.3. The first kappa shape index (κ1) is 13.9. The van der Waals surface area contributed by atoms with Gasteiger partial charge in [0.2, 0.25) is 0 Å². The molecule has 0 aliphatic carbocycles. The molecule has 0 spiro atoms. The Bertz CT molecular complexity index is 981. The summed E-state index contributed by atoms with van der Waals surface area (Å²) in [4.78, 5) is 9.50. The number of benzene rings is 3. The lowest BCUT2D eigenvalue weighted by molar-refractivity contribution is 1.23. The van der Waals surface area contributed by atoms with Gasteiger partial charge in [0.1, 0.15) is 0 Å². The molecule has 3 heteroatoms.